The van der Waals surface area contributed by atoms with Crippen LogP contribution in [0.5, 0.6) is 0 Å². The number of hydrogen-bond donors (Lipinski definition) is 1. The van der Waals surface area contributed by atoms with Crippen LogP contribution in [0.4, 0.5) is 0 Å². The van der Waals surface area contributed by atoms with Crippen LogP contribution in [-0.4, -0.2) is 5.11 Å². The SMILES string of the molecule is CC1(C)CCC(O)(c2cccc(Br)c2)CC1. The molecule has 88 valence electrons. The van der Waals surface area contributed by atoms with Crippen LogP contribution in [0.3, 0.4) is 0 Å². The van der Waals surface area contributed by atoms with Crippen molar-refractivity contribution in [2.24, 2.45) is 5.41 Å². The zero-order valence-electron chi connectivity index (χ0n) is 9.96. The Bertz CT molecular complexity index is 374. The average molecular weight is 283 g/mol. The molecule has 0 atom stereocenters. The van der Waals surface area contributed by atoms with Crippen molar-refractivity contribution < 1.29 is 5.11 Å². The molecule has 1 aliphatic carbocycles. The van der Waals surface area contributed by atoms with Crippen molar-refractivity contribution in [1.29, 1.82) is 0 Å². The summed E-state index contributed by atoms with van der Waals surface area (Å²) in [5, 5.41) is 10.7. The first-order valence-electron chi connectivity index (χ1n) is 5.90. The Kier molecular flexibility index (Phi) is 3.15. The Hall–Kier alpha value is -0.340. The molecule has 0 bridgehead atoms. The van der Waals surface area contributed by atoms with Gasteiger partial charge in [0.05, 0.1) is 5.60 Å². The first kappa shape index (κ1) is 12.1. The Morgan fingerprint density at radius 1 is 1.12 bits per heavy atom. The predicted molar refractivity (Wildman–Crippen MR) is 70.3 cm³/mol. The van der Waals surface area contributed by atoms with E-state index in [1.807, 2.05) is 24.3 Å². The lowest BCUT2D eigenvalue weighted by Crippen LogP contribution is -2.34. The van der Waals surface area contributed by atoms with E-state index in [0.29, 0.717) is 5.41 Å². The maximum Gasteiger partial charge on any atom is 0.0897 e. The fourth-order valence-electron chi connectivity index (χ4n) is 2.41. The molecule has 1 saturated carbocycles. The lowest BCUT2D eigenvalue weighted by Gasteiger charge is -2.40. The second-order valence-electron chi connectivity index (χ2n) is 5.71. The van der Waals surface area contributed by atoms with Gasteiger partial charge in [-0.2, -0.15) is 0 Å². The molecule has 0 spiro atoms. The van der Waals surface area contributed by atoms with Gasteiger partial charge in [-0.1, -0.05) is 41.9 Å². The molecule has 2 rings (SSSR count). The molecule has 1 aromatic carbocycles. The van der Waals surface area contributed by atoms with Gasteiger partial charge in [0, 0.05) is 4.47 Å². The molecule has 0 aliphatic heterocycles. The van der Waals surface area contributed by atoms with Crippen molar-refractivity contribution in [3.8, 4) is 0 Å². The van der Waals surface area contributed by atoms with Crippen molar-refractivity contribution in [3.05, 3.63) is 34.3 Å². The first-order chi connectivity index (χ1) is 7.41. The Morgan fingerprint density at radius 3 is 2.31 bits per heavy atom. The van der Waals surface area contributed by atoms with E-state index in [4.69, 9.17) is 0 Å². The standard InChI is InChI=1S/C14H19BrO/c1-13(2)6-8-14(16,9-7-13)11-4-3-5-12(15)10-11/h3-5,10,16H,6-9H2,1-2H3. The van der Waals surface area contributed by atoms with Gasteiger partial charge in [0.2, 0.25) is 0 Å². The molecule has 2 heteroatoms. The molecule has 0 aromatic heterocycles. The monoisotopic (exact) mass is 282 g/mol. The Morgan fingerprint density at radius 2 is 1.75 bits per heavy atom. The summed E-state index contributed by atoms with van der Waals surface area (Å²) in [6.45, 7) is 4.57. The highest BCUT2D eigenvalue weighted by atomic mass is 79.9. The minimum atomic E-state index is -0.612. The summed E-state index contributed by atoms with van der Waals surface area (Å²) < 4.78 is 1.04. The molecule has 0 radical (unpaired) electrons. The highest BCUT2D eigenvalue weighted by molar-refractivity contribution is 9.10. The topological polar surface area (TPSA) is 20.2 Å². The largest absolute Gasteiger partial charge is 0.385 e. The van der Waals surface area contributed by atoms with Crippen molar-refractivity contribution in [2.45, 2.75) is 45.1 Å². The molecule has 1 fully saturated rings. The summed E-state index contributed by atoms with van der Waals surface area (Å²) >= 11 is 3.46. The number of hydrogen-bond acceptors (Lipinski definition) is 1. The van der Waals surface area contributed by atoms with Gasteiger partial charge in [0.25, 0.3) is 0 Å². The fourth-order valence-corrected chi connectivity index (χ4v) is 2.81. The predicted octanol–water partition coefficient (Wildman–Crippen LogP) is 4.24. The summed E-state index contributed by atoms with van der Waals surface area (Å²) in [7, 11) is 0. The van der Waals surface area contributed by atoms with Crippen molar-refractivity contribution in [1.82, 2.24) is 0 Å². The number of benzene rings is 1. The second-order valence-corrected chi connectivity index (χ2v) is 6.62. The molecular weight excluding hydrogens is 264 g/mol. The van der Waals surface area contributed by atoms with E-state index in [1.165, 1.54) is 0 Å². The maximum absolute atomic E-state index is 10.7. The molecule has 16 heavy (non-hydrogen) atoms. The molecule has 0 saturated heterocycles. The van der Waals surface area contributed by atoms with Gasteiger partial charge in [0.1, 0.15) is 0 Å². The van der Waals surface area contributed by atoms with Gasteiger partial charge < -0.3 is 5.11 Å². The first-order valence-corrected chi connectivity index (χ1v) is 6.69. The number of halogens is 1. The Balaban J connectivity index is 2.21. The quantitative estimate of drug-likeness (QED) is 0.817. The average Bonchev–Trinajstić information content (AvgIpc) is 2.23. The van der Waals surface area contributed by atoms with Crippen LogP contribution in [0, 0.1) is 5.41 Å². The molecule has 0 heterocycles. The van der Waals surface area contributed by atoms with Gasteiger partial charge in [0.15, 0.2) is 0 Å². The molecule has 1 aliphatic rings. The summed E-state index contributed by atoms with van der Waals surface area (Å²) in [6, 6.07) is 8.07. The normalized spacial score (nSPS) is 23.0. The van der Waals surface area contributed by atoms with Gasteiger partial charge in [-0.25, -0.2) is 0 Å². The second kappa shape index (κ2) is 4.15. The van der Waals surface area contributed by atoms with Crippen LogP contribution >= 0.6 is 15.9 Å². The summed E-state index contributed by atoms with van der Waals surface area (Å²) in [5.41, 5.74) is 0.828. The van der Waals surface area contributed by atoms with E-state index >= 15 is 0 Å². The summed E-state index contributed by atoms with van der Waals surface area (Å²) in [4.78, 5) is 0. The zero-order valence-corrected chi connectivity index (χ0v) is 11.5. The van der Waals surface area contributed by atoms with Crippen LogP contribution in [-0.2, 0) is 5.60 Å². The highest BCUT2D eigenvalue weighted by Gasteiger charge is 2.37. The van der Waals surface area contributed by atoms with E-state index < -0.39 is 5.60 Å². The fraction of sp³-hybridized carbons (Fsp3) is 0.571. The van der Waals surface area contributed by atoms with Crippen LogP contribution < -0.4 is 0 Å². The van der Waals surface area contributed by atoms with Crippen molar-refractivity contribution in [3.63, 3.8) is 0 Å². The molecule has 0 amide bonds. The third-order valence-corrected chi connectivity index (χ3v) is 4.29. The van der Waals surface area contributed by atoms with Gasteiger partial charge in [-0.15, -0.1) is 0 Å². The summed E-state index contributed by atoms with van der Waals surface area (Å²) in [5.74, 6) is 0. The van der Waals surface area contributed by atoms with Gasteiger partial charge in [-0.3, -0.25) is 0 Å². The van der Waals surface area contributed by atoms with E-state index in [9.17, 15) is 5.11 Å². The van der Waals surface area contributed by atoms with Crippen LogP contribution in [0.2, 0.25) is 0 Å². The lowest BCUT2D eigenvalue weighted by molar-refractivity contribution is -0.0306. The van der Waals surface area contributed by atoms with Crippen LogP contribution in [0.1, 0.15) is 45.1 Å². The number of rotatable bonds is 1. The van der Waals surface area contributed by atoms with E-state index in [2.05, 4.69) is 29.8 Å². The Labute approximate surface area is 106 Å². The highest BCUT2D eigenvalue weighted by Crippen LogP contribution is 2.45. The van der Waals surface area contributed by atoms with E-state index in [0.717, 1.165) is 35.7 Å². The smallest absolute Gasteiger partial charge is 0.0897 e. The third-order valence-electron chi connectivity index (χ3n) is 3.79. The molecule has 1 aromatic rings. The lowest BCUT2D eigenvalue weighted by atomic mass is 9.69. The molecule has 1 nitrogen and oxygen atoms in total. The van der Waals surface area contributed by atoms with E-state index in [1.54, 1.807) is 0 Å². The minimum Gasteiger partial charge on any atom is -0.385 e. The van der Waals surface area contributed by atoms with Crippen LogP contribution in [0.25, 0.3) is 0 Å². The molecule has 0 unspecified atom stereocenters. The maximum atomic E-state index is 10.7. The van der Waals surface area contributed by atoms with Crippen molar-refractivity contribution >= 4 is 15.9 Å². The molecular formula is C14H19BrO. The third kappa shape index (κ3) is 2.49. The van der Waals surface area contributed by atoms with E-state index in [-0.39, 0.29) is 0 Å². The zero-order chi connectivity index (χ0) is 11.8. The number of aliphatic hydroxyl groups is 1. The van der Waals surface area contributed by atoms with Crippen LogP contribution in [0.15, 0.2) is 28.7 Å². The summed E-state index contributed by atoms with van der Waals surface area (Å²) in [6.07, 6.45) is 3.93. The molecule has 1 N–H and O–H groups in total. The van der Waals surface area contributed by atoms with Gasteiger partial charge in [-0.05, 0) is 48.8 Å². The van der Waals surface area contributed by atoms with Gasteiger partial charge >= 0.3 is 0 Å². The minimum absolute atomic E-state index is 0.387. The van der Waals surface area contributed by atoms with Crippen molar-refractivity contribution in [2.75, 3.05) is 0 Å².